The minimum atomic E-state index is -0.660. The Labute approximate surface area is 145 Å². The van der Waals surface area contributed by atoms with E-state index in [2.05, 4.69) is 9.97 Å². The first-order chi connectivity index (χ1) is 11.7. The number of phenols is 1. The zero-order valence-electron chi connectivity index (χ0n) is 14.7. The van der Waals surface area contributed by atoms with E-state index in [4.69, 9.17) is 11.5 Å². The maximum Gasteiger partial charge on any atom is 0.254 e. The van der Waals surface area contributed by atoms with Gasteiger partial charge in [0.05, 0.1) is 17.6 Å². The molecule has 0 aliphatic heterocycles. The fraction of sp³-hybridized carbons (Fsp3) is 0.278. The van der Waals surface area contributed by atoms with Gasteiger partial charge in [-0.15, -0.1) is 0 Å². The summed E-state index contributed by atoms with van der Waals surface area (Å²) in [7, 11) is 0. The third kappa shape index (κ3) is 2.48. The molecule has 1 aromatic carbocycles. The molecule has 3 aromatic rings. The summed E-state index contributed by atoms with van der Waals surface area (Å²) in [6.45, 7) is 7.66. The SMILES string of the molecule is Cc1ccc(O)c(C)c1-n1c(N)c(C(N)=O)c2nc(C(C)C)cnc21. The molecule has 0 spiro atoms. The highest BCUT2D eigenvalue weighted by Gasteiger charge is 2.25. The normalized spacial score (nSPS) is 11.4. The second-order valence-corrected chi connectivity index (χ2v) is 6.46. The summed E-state index contributed by atoms with van der Waals surface area (Å²) in [5.41, 5.74) is 15.7. The summed E-state index contributed by atoms with van der Waals surface area (Å²) >= 11 is 0. The smallest absolute Gasteiger partial charge is 0.254 e. The molecule has 0 radical (unpaired) electrons. The van der Waals surface area contributed by atoms with Gasteiger partial charge in [-0.05, 0) is 31.4 Å². The molecule has 0 aliphatic rings. The van der Waals surface area contributed by atoms with E-state index < -0.39 is 5.91 Å². The van der Waals surface area contributed by atoms with Crippen molar-refractivity contribution in [2.75, 3.05) is 5.73 Å². The lowest BCUT2D eigenvalue weighted by molar-refractivity contribution is 0.100. The number of anilines is 1. The van der Waals surface area contributed by atoms with Crippen LogP contribution in [0, 0.1) is 13.8 Å². The van der Waals surface area contributed by atoms with E-state index in [1.54, 1.807) is 29.8 Å². The summed E-state index contributed by atoms with van der Waals surface area (Å²) in [4.78, 5) is 21.1. The molecule has 130 valence electrons. The van der Waals surface area contributed by atoms with Crippen molar-refractivity contribution in [1.82, 2.24) is 14.5 Å². The molecule has 1 amide bonds. The summed E-state index contributed by atoms with van der Waals surface area (Å²) in [5, 5.41) is 10.1. The minimum absolute atomic E-state index is 0.134. The highest BCUT2D eigenvalue weighted by atomic mass is 16.3. The third-order valence-electron chi connectivity index (χ3n) is 4.38. The number of aromatic hydroxyl groups is 1. The number of fused-ring (bicyclic) bond motifs is 1. The number of phenolic OH excluding ortho intramolecular Hbond substituents is 1. The average molecular weight is 339 g/mol. The molecule has 0 atom stereocenters. The Morgan fingerprint density at radius 1 is 1.28 bits per heavy atom. The number of rotatable bonds is 3. The topological polar surface area (TPSA) is 120 Å². The Morgan fingerprint density at radius 3 is 2.56 bits per heavy atom. The number of nitrogen functional groups attached to an aromatic ring is 1. The molecule has 25 heavy (non-hydrogen) atoms. The third-order valence-corrected chi connectivity index (χ3v) is 4.38. The highest BCUT2D eigenvalue weighted by Crippen LogP contribution is 2.35. The van der Waals surface area contributed by atoms with Gasteiger partial charge in [0, 0.05) is 5.56 Å². The first-order valence-electron chi connectivity index (χ1n) is 8.00. The molecule has 0 fully saturated rings. The van der Waals surface area contributed by atoms with Crippen LogP contribution in [0.15, 0.2) is 18.3 Å². The van der Waals surface area contributed by atoms with Crippen molar-refractivity contribution in [3.63, 3.8) is 0 Å². The number of hydrogen-bond donors (Lipinski definition) is 3. The van der Waals surface area contributed by atoms with Crippen molar-refractivity contribution in [1.29, 1.82) is 0 Å². The Balaban J connectivity index is 2.47. The molecule has 7 heteroatoms. The van der Waals surface area contributed by atoms with Gasteiger partial charge >= 0.3 is 0 Å². The molecular formula is C18H21N5O2. The molecule has 5 N–H and O–H groups in total. The number of primary amides is 1. The van der Waals surface area contributed by atoms with Crippen LogP contribution >= 0.6 is 0 Å². The van der Waals surface area contributed by atoms with Gasteiger partial charge in [0.1, 0.15) is 22.6 Å². The zero-order chi connectivity index (χ0) is 18.5. The Morgan fingerprint density at radius 2 is 1.96 bits per heavy atom. The minimum Gasteiger partial charge on any atom is -0.508 e. The maximum atomic E-state index is 12.0. The lowest BCUT2D eigenvalue weighted by Gasteiger charge is -2.15. The van der Waals surface area contributed by atoms with E-state index in [0.717, 1.165) is 11.3 Å². The van der Waals surface area contributed by atoms with Crippen LogP contribution in [-0.2, 0) is 0 Å². The first kappa shape index (κ1) is 16.8. The van der Waals surface area contributed by atoms with Crippen LogP contribution in [-0.4, -0.2) is 25.5 Å². The monoisotopic (exact) mass is 339 g/mol. The molecule has 0 bridgehead atoms. The average Bonchev–Trinajstić information content (AvgIpc) is 2.83. The molecule has 3 rings (SSSR count). The first-order valence-corrected chi connectivity index (χ1v) is 8.00. The van der Waals surface area contributed by atoms with Gasteiger partial charge in [-0.1, -0.05) is 19.9 Å². The van der Waals surface area contributed by atoms with Gasteiger partial charge in [-0.3, -0.25) is 9.36 Å². The van der Waals surface area contributed by atoms with Crippen LogP contribution in [0.4, 0.5) is 5.82 Å². The largest absolute Gasteiger partial charge is 0.508 e. The predicted molar refractivity (Wildman–Crippen MR) is 97.0 cm³/mol. The standard InChI is InChI=1S/C18H21N5O2/c1-8(2)11-7-21-18-14(22-11)13(17(20)25)16(19)23(18)15-9(3)5-6-12(24)10(15)4/h5-8,24H,19H2,1-4H3,(H2,20,25). The van der Waals surface area contributed by atoms with Gasteiger partial charge < -0.3 is 16.6 Å². The van der Waals surface area contributed by atoms with Crippen LogP contribution < -0.4 is 11.5 Å². The van der Waals surface area contributed by atoms with E-state index >= 15 is 0 Å². The molecule has 0 unspecified atom stereocenters. The van der Waals surface area contributed by atoms with Crippen LogP contribution in [0.3, 0.4) is 0 Å². The molecule has 0 saturated carbocycles. The van der Waals surface area contributed by atoms with Crippen molar-refractivity contribution in [2.45, 2.75) is 33.6 Å². The number of carbonyl (C=O) groups is 1. The maximum absolute atomic E-state index is 12.0. The molecular weight excluding hydrogens is 318 g/mol. The predicted octanol–water partition coefficient (Wildman–Crippen LogP) is 2.55. The van der Waals surface area contributed by atoms with Crippen molar-refractivity contribution >= 4 is 22.9 Å². The Hall–Kier alpha value is -3.09. The Bertz CT molecular complexity index is 1000. The number of carbonyl (C=O) groups excluding carboxylic acids is 1. The number of benzene rings is 1. The quantitative estimate of drug-likeness (QED) is 0.677. The summed E-state index contributed by atoms with van der Waals surface area (Å²) < 4.78 is 1.64. The molecule has 0 aliphatic carbocycles. The lowest BCUT2D eigenvalue weighted by atomic mass is 10.1. The lowest BCUT2D eigenvalue weighted by Crippen LogP contribution is -2.14. The molecule has 2 aromatic heterocycles. The number of aromatic nitrogens is 3. The van der Waals surface area contributed by atoms with E-state index in [9.17, 15) is 9.90 Å². The van der Waals surface area contributed by atoms with Crippen LogP contribution in [0.25, 0.3) is 16.9 Å². The fourth-order valence-electron chi connectivity index (χ4n) is 2.99. The summed E-state index contributed by atoms with van der Waals surface area (Å²) in [6.07, 6.45) is 1.67. The molecule has 7 nitrogen and oxygen atoms in total. The molecule has 0 saturated heterocycles. The zero-order valence-corrected chi connectivity index (χ0v) is 14.7. The highest BCUT2D eigenvalue weighted by molar-refractivity contribution is 6.09. The van der Waals surface area contributed by atoms with Crippen molar-refractivity contribution in [2.24, 2.45) is 5.73 Å². The van der Waals surface area contributed by atoms with E-state index in [1.165, 1.54) is 0 Å². The van der Waals surface area contributed by atoms with Gasteiger partial charge in [0.15, 0.2) is 5.65 Å². The van der Waals surface area contributed by atoms with Gasteiger partial charge in [-0.25, -0.2) is 9.97 Å². The van der Waals surface area contributed by atoms with Gasteiger partial charge in [0.2, 0.25) is 0 Å². The number of nitrogens with two attached hydrogens (primary N) is 2. The molecule has 2 heterocycles. The number of amides is 1. The number of nitrogens with zero attached hydrogens (tertiary/aromatic N) is 3. The van der Waals surface area contributed by atoms with Crippen molar-refractivity contribution in [3.05, 3.63) is 40.7 Å². The number of hydrogen-bond acceptors (Lipinski definition) is 5. The van der Waals surface area contributed by atoms with E-state index in [-0.39, 0.29) is 23.0 Å². The second-order valence-electron chi connectivity index (χ2n) is 6.46. The van der Waals surface area contributed by atoms with E-state index in [1.807, 2.05) is 20.8 Å². The second kappa shape index (κ2) is 5.77. The van der Waals surface area contributed by atoms with Gasteiger partial charge in [0.25, 0.3) is 5.91 Å². The Kier molecular flexibility index (Phi) is 3.87. The van der Waals surface area contributed by atoms with Crippen LogP contribution in [0.1, 0.15) is 46.9 Å². The van der Waals surface area contributed by atoms with Crippen LogP contribution in [0.5, 0.6) is 5.75 Å². The number of aryl methyl sites for hydroxylation is 1. The van der Waals surface area contributed by atoms with Crippen LogP contribution in [0.2, 0.25) is 0 Å². The van der Waals surface area contributed by atoms with E-state index in [0.29, 0.717) is 22.4 Å². The fourth-order valence-corrected chi connectivity index (χ4v) is 2.99. The summed E-state index contributed by atoms with van der Waals surface area (Å²) in [6, 6.07) is 3.40. The van der Waals surface area contributed by atoms with Crippen molar-refractivity contribution < 1.29 is 9.90 Å². The van der Waals surface area contributed by atoms with Gasteiger partial charge in [-0.2, -0.15) is 0 Å². The summed E-state index contributed by atoms with van der Waals surface area (Å²) in [5.74, 6) is -0.215. The van der Waals surface area contributed by atoms with Crippen molar-refractivity contribution in [3.8, 4) is 11.4 Å².